The Kier molecular flexibility index (Phi) is 7.86. The first kappa shape index (κ1) is 12.1. The minimum Gasteiger partial charge on any atom is -0.222 e. The van der Waals surface area contributed by atoms with Crippen molar-refractivity contribution in [2.75, 3.05) is 0 Å². The van der Waals surface area contributed by atoms with Gasteiger partial charge in [-0.25, -0.2) is 10.2 Å². The van der Waals surface area contributed by atoms with E-state index in [2.05, 4.69) is 27.7 Å². The Morgan fingerprint density at radius 3 is 1.70 bits per heavy atom. The first-order valence-corrected chi connectivity index (χ1v) is 3.51. The summed E-state index contributed by atoms with van der Waals surface area (Å²) < 4.78 is 0. The zero-order chi connectivity index (χ0) is 8.62. The molecule has 0 aliphatic carbocycles. The third kappa shape index (κ3) is 26.3. The molecule has 60 valence electrons. The third-order valence-electron chi connectivity index (χ3n) is 1.000. The molecule has 0 radical (unpaired) electrons. The summed E-state index contributed by atoms with van der Waals surface area (Å²) in [7, 11) is 0. The van der Waals surface area contributed by atoms with Gasteiger partial charge in [0.15, 0.2) is 0 Å². The normalized spacial score (nSPS) is 9.20. The van der Waals surface area contributed by atoms with E-state index in [1.807, 2.05) is 0 Å². The van der Waals surface area contributed by atoms with E-state index in [1.165, 1.54) is 12.8 Å². The lowest BCUT2D eigenvalue weighted by atomic mass is 9.91. The summed E-state index contributed by atoms with van der Waals surface area (Å²) in [5, 5.41) is 5.40. The van der Waals surface area contributed by atoms with E-state index < -0.39 is 0 Å². The largest absolute Gasteiger partial charge is 0.231 e. The van der Waals surface area contributed by atoms with Gasteiger partial charge in [-0.15, -0.1) is 0 Å². The molecule has 0 atom stereocenters. The van der Waals surface area contributed by atoms with Gasteiger partial charge >= 0.3 is 0 Å². The van der Waals surface area contributed by atoms with Crippen molar-refractivity contribution < 1.29 is 4.79 Å². The SMILES string of the molecule is CCCC(C)(C)C.N=C=O. The molecule has 0 fully saturated rings. The van der Waals surface area contributed by atoms with Crippen LogP contribution in [0.5, 0.6) is 0 Å². The number of hydrogen-bond acceptors (Lipinski definition) is 2. The fourth-order valence-electron chi connectivity index (χ4n) is 0.750. The zero-order valence-electron chi connectivity index (χ0n) is 7.32. The van der Waals surface area contributed by atoms with Crippen LogP contribution in [-0.2, 0) is 4.79 Å². The third-order valence-corrected chi connectivity index (χ3v) is 1.000. The van der Waals surface area contributed by atoms with E-state index >= 15 is 0 Å². The molecule has 0 bridgehead atoms. The second-order valence-electron chi connectivity index (χ2n) is 3.41. The summed E-state index contributed by atoms with van der Waals surface area (Å²) in [6.45, 7) is 9.05. The molecule has 0 aromatic heterocycles. The highest BCUT2D eigenvalue weighted by Crippen LogP contribution is 2.19. The molecule has 0 aromatic carbocycles. The summed E-state index contributed by atoms with van der Waals surface area (Å²) in [4.78, 5) is 8.35. The number of nitrogens with one attached hydrogen (secondary N) is 1. The van der Waals surface area contributed by atoms with Crippen LogP contribution in [0.15, 0.2) is 0 Å². The molecule has 1 N–H and O–H groups in total. The molecule has 0 aliphatic rings. The molecule has 0 rings (SSSR count). The highest BCUT2D eigenvalue weighted by atomic mass is 16.1. The Bertz CT molecular complexity index is 96.3. The maximum absolute atomic E-state index is 8.35. The molecule has 0 amide bonds. The van der Waals surface area contributed by atoms with Crippen molar-refractivity contribution in [1.29, 1.82) is 5.41 Å². The van der Waals surface area contributed by atoms with Crippen LogP contribution in [0.3, 0.4) is 0 Å². The molecule has 10 heavy (non-hydrogen) atoms. The number of rotatable bonds is 1. The molecule has 2 heteroatoms. The smallest absolute Gasteiger partial charge is 0.222 e. The molecule has 0 saturated carbocycles. The van der Waals surface area contributed by atoms with Crippen molar-refractivity contribution >= 4 is 6.08 Å². The zero-order valence-corrected chi connectivity index (χ0v) is 7.32. The van der Waals surface area contributed by atoms with Crippen molar-refractivity contribution in [3.8, 4) is 0 Å². The highest BCUT2D eigenvalue weighted by Gasteiger charge is 2.06. The van der Waals surface area contributed by atoms with Gasteiger partial charge in [0.2, 0.25) is 6.08 Å². The monoisotopic (exact) mass is 143 g/mol. The van der Waals surface area contributed by atoms with Crippen LogP contribution in [0, 0.1) is 10.8 Å². The molecule has 0 saturated heterocycles. The highest BCUT2D eigenvalue weighted by molar-refractivity contribution is 5.26. The summed E-state index contributed by atoms with van der Waals surface area (Å²) >= 11 is 0. The van der Waals surface area contributed by atoms with Crippen LogP contribution in [0.4, 0.5) is 0 Å². The van der Waals surface area contributed by atoms with Crippen molar-refractivity contribution in [1.82, 2.24) is 0 Å². The van der Waals surface area contributed by atoms with Crippen molar-refractivity contribution in [2.45, 2.75) is 40.5 Å². The lowest BCUT2D eigenvalue weighted by Gasteiger charge is -2.15. The summed E-state index contributed by atoms with van der Waals surface area (Å²) in [6, 6.07) is 0. The number of hydrogen-bond donors (Lipinski definition) is 1. The minimum absolute atomic E-state index is 0.550. The predicted molar refractivity (Wildman–Crippen MR) is 42.8 cm³/mol. The molecular weight excluding hydrogens is 126 g/mol. The van der Waals surface area contributed by atoms with Crippen molar-refractivity contribution in [3.63, 3.8) is 0 Å². The number of isocyanates is 1. The van der Waals surface area contributed by atoms with Crippen LogP contribution >= 0.6 is 0 Å². The van der Waals surface area contributed by atoms with Gasteiger partial charge in [-0.05, 0) is 11.8 Å². The van der Waals surface area contributed by atoms with Gasteiger partial charge in [0.25, 0.3) is 0 Å². The second-order valence-corrected chi connectivity index (χ2v) is 3.41. The maximum Gasteiger partial charge on any atom is 0.231 e. The Morgan fingerprint density at radius 1 is 1.40 bits per heavy atom. The van der Waals surface area contributed by atoms with Gasteiger partial charge in [0.05, 0.1) is 0 Å². The molecule has 0 spiro atoms. The van der Waals surface area contributed by atoms with Gasteiger partial charge in [0, 0.05) is 0 Å². The van der Waals surface area contributed by atoms with E-state index in [1.54, 1.807) is 0 Å². The van der Waals surface area contributed by atoms with Crippen LogP contribution in [0.2, 0.25) is 0 Å². The molecule has 0 heterocycles. The maximum atomic E-state index is 8.35. The van der Waals surface area contributed by atoms with Gasteiger partial charge in [-0.2, -0.15) is 0 Å². The van der Waals surface area contributed by atoms with Crippen LogP contribution in [-0.4, -0.2) is 6.08 Å². The minimum atomic E-state index is 0.550. The van der Waals surface area contributed by atoms with Gasteiger partial charge < -0.3 is 0 Å². The summed E-state index contributed by atoms with van der Waals surface area (Å²) in [6.07, 6.45) is 3.40. The molecule has 0 unspecified atom stereocenters. The van der Waals surface area contributed by atoms with Gasteiger partial charge in [-0.1, -0.05) is 34.1 Å². The Balaban J connectivity index is 0. The average molecular weight is 143 g/mol. The van der Waals surface area contributed by atoms with E-state index in [0.29, 0.717) is 5.41 Å². The van der Waals surface area contributed by atoms with Crippen molar-refractivity contribution in [3.05, 3.63) is 0 Å². The topological polar surface area (TPSA) is 40.9 Å². The Hall–Kier alpha value is -0.620. The number of carbonyl (C=O) groups excluding carboxylic acids is 1. The Morgan fingerprint density at radius 2 is 1.70 bits per heavy atom. The van der Waals surface area contributed by atoms with E-state index in [-0.39, 0.29) is 0 Å². The van der Waals surface area contributed by atoms with Crippen LogP contribution in [0.1, 0.15) is 40.5 Å². The summed E-state index contributed by atoms with van der Waals surface area (Å²) in [5.41, 5.74) is 0.550. The molecule has 0 aromatic rings. The quantitative estimate of drug-likeness (QED) is 0.445. The van der Waals surface area contributed by atoms with E-state index in [4.69, 9.17) is 10.2 Å². The molecule has 0 aliphatic heterocycles. The van der Waals surface area contributed by atoms with Crippen LogP contribution < -0.4 is 0 Å². The van der Waals surface area contributed by atoms with E-state index in [0.717, 1.165) is 6.08 Å². The fourth-order valence-corrected chi connectivity index (χ4v) is 0.750. The lowest BCUT2D eigenvalue weighted by Crippen LogP contribution is -2.02. The standard InChI is InChI=1S/C7H16.CHNO/c1-5-6-7(2,3)4;2-1-3/h5-6H2,1-4H3;2H. The lowest BCUT2D eigenvalue weighted by molar-refractivity contribution is 0.373. The second kappa shape index (κ2) is 6.50. The fraction of sp³-hybridized carbons (Fsp3) is 0.875. The first-order chi connectivity index (χ1) is 4.47. The average Bonchev–Trinajstić information content (AvgIpc) is 1.63. The summed E-state index contributed by atoms with van der Waals surface area (Å²) in [5.74, 6) is 0. The predicted octanol–water partition coefficient (Wildman–Crippen LogP) is 2.73. The molecule has 2 nitrogen and oxygen atoms in total. The van der Waals surface area contributed by atoms with Gasteiger partial charge in [-0.3, -0.25) is 0 Å². The van der Waals surface area contributed by atoms with E-state index in [9.17, 15) is 0 Å². The molecular formula is C8H17NO. The van der Waals surface area contributed by atoms with Crippen molar-refractivity contribution in [2.24, 2.45) is 5.41 Å². The Labute approximate surface area is 63.1 Å². The van der Waals surface area contributed by atoms with Gasteiger partial charge in [0.1, 0.15) is 0 Å². The van der Waals surface area contributed by atoms with Crippen LogP contribution in [0.25, 0.3) is 0 Å². The first-order valence-electron chi connectivity index (χ1n) is 3.51.